The molecular weight excluding hydrogens is 530 g/mol. The number of nitrogens with zero attached hydrogens (tertiary/aromatic N) is 3. The molecule has 2 fully saturated rings. The van der Waals surface area contributed by atoms with Gasteiger partial charge in [-0.25, -0.2) is 4.98 Å². The number of fused-ring (bicyclic) bond motifs is 1. The van der Waals surface area contributed by atoms with Crippen molar-refractivity contribution >= 4 is 29.2 Å². The van der Waals surface area contributed by atoms with Crippen LogP contribution in [-0.2, 0) is 11.3 Å². The zero-order valence-electron chi connectivity index (χ0n) is 24.0. The third-order valence-electron chi connectivity index (χ3n) is 8.67. The fourth-order valence-corrected chi connectivity index (χ4v) is 5.73. The van der Waals surface area contributed by atoms with Gasteiger partial charge in [0.25, 0.3) is 11.8 Å². The van der Waals surface area contributed by atoms with E-state index in [9.17, 15) is 19.5 Å². The molecule has 218 valence electrons. The maximum Gasteiger partial charge on any atom is 0.256 e. The number of anilines is 2. The summed E-state index contributed by atoms with van der Waals surface area (Å²) in [5, 5.41) is 15.8. The van der Waals surface area contributed by atoms with Crippen LogP contribution in [0.5, 0.6) is 0 Å². The summed E-state index contributed by atoms with van der Waals surface area (Å²) >= 11 is 0. The van der Waals surface area contributed by atoms with Gasteiger partial charge in [0.05, 0.1) is 17.4 Å². The summed E-state index contributed by atoms with van der Waals surface area (Å²) in [4.78, 5) is 47.8. The highest BCUT2D eigenvalue weighted by Crippen LogP contribution is 2.34. The number of benzene rings is 2. The second kappa shape index (κ2) is 11.6. The molecule has 3 aromatic rings. The van der Waals surface area contributed by atoms with Crippen LogP contribution in [0, 0.1) is 11.8 Å². The summed E-state index contributed by atoms with van der Waals surface area (Å²) in [6.07, 6.45) is 5.45. The van der Waals surface area contributed by atoms with Gasteiger partial charge in [-0.05, 0) is 97.5 Å². The highest BCUT2D eigenvalue weighted by molar-refractivity contribution is 6.11. The first-order valence-corrected chi connectivity index (χ1v) is 14.7. The van der Waals surface area contributed by atoms with Crippen LogP contribution < -0.4 is 15.5 Å². The monoisotopic (exact) mass is 567 g/mol. The smallest absolute Gasteiger partial charge is 0.256 e. The zero-order valence-corrected chi connectivity index (χ0v) is 24.0. The number of rotatable bonds is 9. The van der Waals surface area contributed by atoms with E-state index in [-0.39, 0.29) is 30.4 Å². The average Bonchev–Trinajstić information content (AvgIpc) is 3.83. The second-order valence-electron chi connectivity index (χ2n) is 11.9. The molecule has 1 atom stereocenters. The topological polar surface area (TPSA) is 115 Å². The molecule has 1 aromatic heterocycles. The van der Waals surface area contributed by atoms with Crippen molar-refractivity contribution in [1.29, 1.82) is 0 Å². The van der Waals surface area contributed by atoms with E-state index in [4.69, 9.17) is 0 Å². The third-order valence-corrected chi connectivity index (χ3v) is 8.67. The number of aromatic nitrogens is 1. The van der Waals surface area contributed by atoms with Crippen molar-refractivity contribution in [2.24, 2.45) is 11.8 Å². The molecule has 0 unspecified atom stereocenters. The number of hydrogen-bond donors (Lipinski definition) is 3. The molecule has 3 N–H and O–H groups in total. The van der Waals surface area contributed by atoms with Gasteiger partial charge in [-0.2, -0.15) is 0 Å². The van der Waals surface area contributed by atoms with E-state index in [0.717, 1.165) is 35.0 Å². The Labute approximate surface area is 245 Å². The number of carbonyl (C=O) groups excluding carboxylic acids is 3. The lowest BCUT2D eigenvalue weighted by Crippen LogP contribution is -2.45. The van der Waals surface area contributed by atoms with Crippen LogP contribution in [0.4, 0.5) is 11.5 Å². The minimum Gasteiger partial charge on any atom is -0.393 e. The molecule has 2 saturated carbocycles. The molecule has 6 rings (SSSR count). The van der Waals surface area contributed by atoms with Crippen molar-refractivity contribution in [3.05, 3.63) is 77.5 Å². The molecule has 1 aliphatic heterocycles. The lowest BCUT2D eigenvalue weighted by atomic mass is 9.82. The van der Waals surface area contributed by atoms with Crippen molar-refractivity contribution < 1.29 is 19.5 Å². The number of amides is 3. The van der Waals surface area contributed by atoms with E-state index in [0.29, 0.717) is 42.1 Å². The van der Waals surface area contributed by atoms with Gasteiger partial charge < -0.3 is 25.5 Å². The van der Waals surface area contributed by atoms with Crippen molar-refractivity contribution in [2.45, 2.75) is 51.3 Å². The molecule has 2 aromatic carbocycles. The van der Waals surface area contributed by atoms with Crippen LogP contribution in [-0.4, -0.2) is 65.0 Å². The molecular formula is C33H37N5O4. The number of aliphatic hydroxyl groups is 1. The molecule has 9 heteroatoms. The minimum absolute atomic E-state index is 0.183. The SMILES string of the molecule is C[C@@H]1C(=O)N(C)c2cc(-c3ccnc(NCC4CC4)c3)ccc2C(=O)N1Cc1cccc(C(=O)NCC2CC(O)C2)c1. The number of likely N-dealkylation sites (N-methyl/N-ethyl adjacent to an activating group) is 1. The average molecular weight is 568 g/mol. The first kappa shape index (κ1) is 27.9. The summed E-state index contributed by atoms with van der Waals surface area (Å²) in [5.41, 5.74) is 4.14. The van der Waals surface area contributed by atoms with Crippen LogP contribution >= 0.6 is 0 Å². The molecule has 3 amide bonds. The van der Waals surface area contributed by atoms with Crippen LogP contribution in [0.15, 0.2) is 60.8 Å². The van der Waals surface area contributed by atoms with Crippen LogP contribution in [0.1, 0.15) is 58.9 Å². The molecule has 2 heterocycles. The standard InChI is InChI=1S/C33H37N5O4/c1-20-32(41)37(2)29-15-24(25-10-11-34-30(16-25)35-17-21-6-7-21)8-9-28(29)33(42)38(20)19-22-4-3-5-26(12-22)31(40)36-18-23-13-27(39)14-23/h3-5,8-12,15-16,20-21,23,27,39H,6-7,13-14,17-19H2,1-2H3,(H,34,35)(H,36,40)/t20-,23?,27?/m1/s1. The van der Waals surface area contributed by atoms with E-state index in [2.05, 4.69) is 15.6 Å². The van der Waals surface area contributed by atoms with Crippen molar-refractivity contribution in [3.63, 3.8) is 0 Å². The zero-order chi connectivity index (χ0) is 29.4. The summed E-state index contributed by atoms with van der Waals surface area (Å²) in [6, 6.07) is 16.0. The van der Waals surface area contributed by atoms with Gasteiger partial charge in [0, 0.05) is 38.4 Å². The van der Waals surface area contributed by atoms with E-state index in [1.54, 1.807) is 54.2 Å². The third kappa shape index (κ3) is 5.87. The molecule has 0 bridgehead atoms. The Hall–Kier alpha value is -4.24. The van der Waals surface area contributed by atoms with Gasteiger partial charge >= 0.3 is 0 Å². The van der Waals surface area contributed by atoms with E-state index < -0.39 is 6.04 Å². The largest absolute Gasteiger partial charge is 0.393 e. The highest BCUT2D eigenvalue weighted by Gasteiger charge is 2.36. The summed E-state index contributed by atoms with van der Waals surface area (Å²) in [7, 11) is 1.71. The van der Waals surface area contributed by atoms with Crippen molar-refractivity contribution in [1.82, 2.24) is 15.2 Å². The Kier molecular flexibility index (Phi) is 7.68. The Morgan fingerprint density at radius 2 is 1.79 bits per heavy atom. The predicted molar refractivity (Wildman–Crippen MR) is 161 cm³/mol. The number of pyridine rings is 1. The van der Waals surface area contributed by atoms with E-state index >= 15 is 0 Å². The predicted octanol–water partition coefficient (Wildman–Crippen LogP) is 4.08. The van der Waals surface area contributed by atoms with Gasteiger partial charge in [-0.15, -0.1) is 0 Å². The van der Waals surface area contributed by atoms with Gasteiger partial charge in [0.15, 0.2) is 0 Å². The van der Waals surface area contributed by atoms with Crippen molar-refractivity contribution in [2.75, 3.05) is 30.4 Å². The van der Waals surface area contributed by atoms with Crippen LogP contribution in [0.3, 0.4) is 0 Å². The number of hydrogen-bond acceptors (Lipinski definition) is 6. The van der Waals surface area contributed by atoms with E-state index in [1.165, 1.54) is 12.8 Å². The van der Waals surface area contributed by atoms with Gasteiger partial charge in [0.2, 0.25) is 5.91 Å². The normalized spacial score (nSPS) is 21.8. The molecule has 0 saturated heterocycles. The molecule has 0 radical (unpaired) electrons. The summed E-state index contributed by atoms with van der Waals surface area (Å²) < 4.78 is 0. The Morgan fingerprint density at radius 1 is 1.00 bits per heavy atom. The quantitative estimate of drug-likeness (QED) is 0.359. The first-order valence-electron chi connectivity index (χ1n) is 14.7. The number of carbonyl (C=O) groups is 3. The first-order chi connectivity index (χ1) is 20.3. The lowest BCUT2D eigenvalue weighted by Gasteiger charge is -2.31. The maximum atomic E-state index is 13.9. The fraction of sp³-hybridized carbons (Fsp3) is 0.394. The molecule has 2 aliphatic carbocycles. The molecule has 42 heavy (non-hydrogen) atoms. The molecule has 0 spiro atoms. The van der Waals surface area contributed by atoms with Gasteiger partial charge in [-0.1, -0.05) is 18.2 Å². The summed E-state index contributed by atoms with van der Waals surface area (Å²) in [6.45, 7) is 3.38. The van der Waals surface area contributed by atoms with Crippen LogP contribution in [0.25, 0.3) is 11.1 Å². The Balaban J connectivity index is 1.21. The Morgan fingerprint density at radius 3 is 2.55 bits per heavy atom. The van der Waals surface area contributed by atoms with Crippen molar-refractivity contribution in [3.8, 4) is 11.1 Å². The number of aliphatic hydroxyl groups excluding tert-OH is 1. The Bertz CT molecular complexity index is 1510. The minimum atomic E-state index is -0.694. The number of nitrogens with one attached hydrogen (secondary N) is 2. The highest BCUT2D eigenvalue weighted by atomic mass is 16.3. The van der Waals surface area contributed by atoms with Crippen LogP contribution in [0.2, 0.25) is 0 Å². The maximum absolute atomic E-state index is 13.9. The molecule has 3 aliphatic rings. The summed E-state index contributed by atoms with van der Waals surface area (Å²) in [5.74, 6) is 1.23. The molecule has 9 nitrogen and oxygen atoms in total. The van der Waals surface area contributed by atoms with Gasteiger partial charge in [-0.3, -0.25) is 14.4 Å². The second-order valence-corrected chi connectivity index (χ2v) is 11.9. The fourth-order valence-electron chi connectivity index (χ4n) is 5.73. The van der Waals surface area contributed by atoms with Gasteiger partial charge in [0.1, 0.15) is 11.9 Å². The lowest BCUT2D eigenvalue weighted by molar-refractivity contribution is -0.122. The van der Waals surface area contributed by atoms with E-state index in [1.807, 2.05) is 30.3 Å².